The average Bonchev–Trinajstić information content (AvgIpc) is 2.50. The van der Waals surface area contributed by atoms with Crippen LogP contribution in [0.2, 0.25) is 15.1 Å². The Hall–Kier alpha value is -1.31. The predicted molar refractivity (Wildman–Crippen MR) is 91.7 cm³/mol. The van der Waals surface area contributed by atoms with Gasteiger partial charge in [-0.15, -0.1) is 0 Å². The second kappa shape index (κ2) is 7.51. The SMILES string of the molecule is O=C(CNS(=O)(=O)c1ccc(Cl)cc1)Nc1c(Cl)cccc1Cl. The van der Waals surface area contributed by atoms with Crippen molar-refractivity contribution < 1.29 is 13.2 Å². The van der Waals surface area contributed by atoms with Gasteiger partial charge in [0.2, 0.25) is 15.9 Å². The minimum Gasteiger partial charge on any atom is -0.322 e. The number of carbonyl (C=O) groups is 1. The Morgan fingerprint density at radius 2 is 1.52 bits per heavy atom. The van der Waals surface area contributed by atoms with Crippen molar-refractivity contribution in [2.45, 2.75) is 4.90 Å². The first-order chi connectivity index (χ1) is 10.8. The van der Waals surface area contributed by atoms with Gasteiger partial charge in [-0.1, -0.05) is 40.9 Å². The monoisotopic (exact) mass is 392 g/mol. The van der Waals surface area contributed by atoms with Crippen LogP contribution in [0.15, 0.2) is 47.4 Å². The summed E-state index contributed by atoms with van der Waals surface area (Å²) in [6.45, 7) is -0.466. The molecule has 0 spiro atoms. The van der Waals surface area contributed by atoms with Crippen molar-refractivity contribution in [2.24, 2.45) is 0 Å². The van der Waals surface area contributed by atoms with Crippen LogP contribution in [0.1, 0.15) is 0 Å². The highest BCUT2D eigenvalue weighted by molar-refractivity contribution is 7.89. The maximum Gasteiger partial charge on any atom is 0.241 e. The molecule has 0 fully saturated rings. The highest BCUT2D eigenvalue weighted by atomic mass is 35.5. The topological polar surface area (TPSA) is 75.3 Å². The van der Waals surface area contributed by atoms with E-state index in [4.69, 9.17) is 34.8 Å². The summed E-state index contributed by atoms with van der Waals surface area (Å²) in [5.41, 5.74) is 0.228. The summed E-state index contributed by atoms with van der Waals surface area (Å²) in [5, 5.41) is 3.38. The molecule has 122 valence electrons. The van der Waals surface area contributed by atoms with Crippen molar-refractivity contribution in [3.63, 3.8) is 0 Å². The summed E-state index contributed by atoms with van der Waals surface area (Å²) < 4.78 is 26.3. The molecular weight excluding hydrogens is 383 g/mol. The molecule has 9 heteroatoms. The summed E-state index contributed by atoms with van der Waals surface area (Å²) in [7, 11) is -3.82. The normalized spacial score (nSPS) is 11.3. The number of sulfonamides is 1. The molecule has 23 heavy (non-hydrogen) atoms. The summed E-state index contributed by atoms with van der Waals surface area (Å²) in [6.07, 6.45) is 0. The Bertz CT molecular complexity index is 803. The number of hydrogen-bond acceptors (Lipinski definition) is 3. The lowest BCUT2D eigenvalue weighted by Crippen LogP contribution is -2.33. The number of anilines is 1. The Morgan fingerprint density at radius 1 is 0.957 bits per heavy atom. The molecule has 0 heterocycles. The fourth-order valence-electron chi connectivity index (χ4n) is 1.66. The molecule has 0 unspecified atom stereocenters. The molecule has 0 atom stereocenters. The number of para-hydroxylation sites is 1. The van der Waals surface area contributed by atoms with Gasteiger partial charge in [0.15, 0.2) is 0 Å². The molecule has 0 saturated heterocycles. The number of amides is 1. The standard InChI is InChI=1S/C14H11Cl3N2O3S/c15-9-4-6-10(7-5-9)23(21,22)18-8-13(20)19-14-11(16)2-1-3-12(14)17/h1-7,18H,8H2,(H,19,20). The number of halogens is 3. The van der Waals surface area contributed by atoms with Crippen molar-refractivity contribution in [1.29, 1.82) is 0 Å². The number of carbonyl (C=O) groups excluding carboxylic acids is 1. The van der Waals surface area contributed by atoms with E-state index in [0.29, 0.717) is 5.02 Å². The fraction of sp³-hybridized carbons (Fsp3) is 0.0714. The largest absolute Gasteiger partial charge is 0.322 e. The second-order valence-electron chi connectivity index (χ2n) is 4.42. The van der Waals surface area contributed by atoms with Crippen LogP contribution in [0, 0.1) is 0 Å². The zero-order chi connectivity index (χ0) is 17.0. The Labute approximate surface area is 148 Å². The van der Waals surface area contributed by atoms with E-state index in [9.17, 15) is 13.2 Å². The summed E-state index contributed by atoms with van der Waals surface area (Å²) >= 11 is 17.6. The van der Waals surface area contributed by atoms with Gasteiger partial charge in [0.25, 0.3) is 0 Å². The minimum absolute atomic E-state index is 0.00507. The number of rotatable bonds is 5. The molecule has 2 rings (SSSR count). The number of hydrogen-bond donors (Lipinski definition) is 2. The minimum atomic E-state index is -3.82. The molecule has 0 aliphatic heterocycles. The van der Waals surface area contributed by atoms with Gasteiger partial charge >= 0.3 is 0 Å². The molecule has 0 bridgehead atoms. The molecule has 0 aliphatic carbocycles. The van der Waals surface area contributed by atoms with E-state index in [2.05, 4.69) is 10.0 Å². The smallest absolute Gasteiger partial charge is 0.241 e. The van der Waals surface area contributed by atoms with Crippen molar-refractivity contribution in [2.75, 3.05) is 11.9 Å². The van der Waals surface area contributed by atoms with Crippen LogP contribution >= 0.6 is 34.8 Å². The molecule has 0 radical (unpaired) electrons. The van der Waals surface area contributed by atoms with Crippen LogP contribution in [0.25, 0.3) is 0 Å². The van der Waals surface area contributed by atoms with Gasteiger partial charge in [-0.05, 0) is 36.4 Å². The Kier molecular flexibility index (Phi) is 5.89. The van der Waals surface area contributed by atoms with Crippen LogP contribution in [-0.4, -0.2) is 20.9 Å². The van der Waals surface area contributed by atoms with E-state index in [1.165, 1.54) is 24.3 Å². The van der Waals surface area contributed by atoms with Gasteiger partial charge in [-0.3, -0.25) is 4.79 Å². The van der Waals surface area contributed by atoms with E-state index in [1.807, 2.05) is 0 Å². The molecule has 0 aliphatic rings. The quantitative estimate of drug-likeness (QED) is 0.815. The van der Waals surface area contributed by atoms with Crippen LogP contribution in [0.5, 0.6) is 0 Å². The average molecular weight is 394 g/mol. The second-order valence-corrected chi connectivity index (χ2v) is 7.44. The number of nitrogens with one attached hydrogen (secondary N) is 2. The first-order valence-electron chi connectivity index (χ1n) is 6.29. The zero-order valence-corrected chi connectivity index (χ0v) is 14.6. The first kappa shape index (κ1) is 18.0. The Morgan fingerprint density at radius 3 is 2.09 bits per heavy atom. The predicted octanol–water partition coefficient (Wildman–Crippen LogP) is 3.56. The summed E-state index contributed by atoms with van der Waals surface area (Å²) in [4.78, 5) is 11.9. The number of benzene rings is 2. The molecule has 5 nitrogen and oxygen atoms in total. The van der Waals surface area contributed by atoms with Crippen molar-refractivity contribution in [3.8, 4) is 0 Å². The van der Waals surface area contributed by atoms with E-state index in [0.717, 1.165) is 0 Å². The van der Waals surface area contributed by atoms with Gasteiger partial charge in [-0.2, -0.15) is 0 Å². The van der Waals surface area contributed by atoms with E-state index in [1.54, 1.807) is 18.2 Å². The highest BCUT2D eigenvalue weighted by Gasteiger charge is 2.16. The van der Waals surface area contributed by atoms with Crippen LogP contribution < -0.4 is 10.0 Å². The lowest BCUT2D eigenvalue weighted by Gasteiger charge is -2.10. The van der Waals surface area contributed by atoms with E-state index in [-0.39, 0.29) is 20.6 Å². The van der Waals surface area contributed by atoms with Crippen LogP contribution in [-0.2, 0) is 14.8 Å². The highest BCUT2D eigenvalue weighted by Crippen LogP contribution is 2.29. The molecule has 2 aromatic rings. The summed E-state index contributed by atoms with van der Waals surface area (Å²) in [5.74, 6) is -0.600. The lowest BCUT2D eigenvalue weighted by molar-refractivity contribution is -0.115. The van der Waals surface area contributed by atoms with Gasteiger partial charge < -0.3 is 5.32 Å². The van der Waals surface area contributed by atoms with Gasteiger partial charge in [0, 0.05) is 5.02 Å². The van der Waals surface area contributed by atoms with E-state index < -0.39 is 22.5 Å². The van der Waals surface area contributed by atoms with E-state index >= 15 is 0 Å². The molecule has 0 aromatic heterocycles. The van der Waals surface area contributed by atoms with Crippen LogP contribution in [0.3, 0.4) is 0 Å². The third-order valence-electron chi connectivity index (χ3n) is 2.77. The van der Waals surface area contributed by atoms with Crippen molar-refractivity contribution in [3.05, 3.63) is 57.5 Å². The summed E-state index contributed by atoms with van der Waals surface area (Å²) in [6, 6.07) is 10.3. The molecule has 0 saturated carbocycles. The maximum absolute atomic E-state index is 12.0. The first-order valence-corrected chi connectivity index (χ1v) is 8.90. The Balaban J connectivity index is 2.03. The van der Waals surface area contributed by atoms with Crippen molar-refractivity contribution >= 4 is 56.4 Å². The molecule has 2 N–H and O–H groups in total. The maximum atomic E-state index is 12.0. The van der Waals surface area contributed by atoms with Gasteiger partial charge in [-0.25, -0.2) is 13.1 Å². The third kappa shape index (κ3) is 4.83. The third-order valence-corrected chi connectivity index (χ3v) is 5.07. The molecule has 1 amide bonds. The van der Waals surface area contributed by atoms with Gasteiger partial charge in [0.05, 0.1) is 27.2 Å². The molecule has 2 aromatic carbocycles. The van der Waals surface area contributed by atoms with Crippen LogP contribution in [0.4, 0.5) is 5.69 Å². The van der Waals surface area contributed by atoms with Gasteiger partial charge in [0.1, 0.15) is 0 Å². The zero-order valence-electron chi connectivity index (χ0n) is 11.5. The van der Waals surface area contributed by atoms with Crippen molar-refractivity contribution in [1.82, 2.24) is 4.72 Å². The lowest BCUT2D eigenvalue weighted by atomic mass is 10.3. The fourth-order valence-corrected chi connectivity index (χ4v) is 3.26. The molecular formula is C14H11Cl3N2O3S.